The summed E-state index contributed by atoms with van der Waals surface area (Å²) in [5.41, 5.74) is 8.92. The highest BCUT2D eigenvalue weighted by Gasteiger charge is 2.31. The lowest BCUT2D eigenvalue weighted by Crippen LogP contribution is -2.41. The van der Waals surface area contributed by atoms with E-state index in [1.165, 1.54) is 16.3 Å². The largest absolute Gasteiger partial charge is 0.384 e. The molecule has 1 saturated carbocycles. The van der Waals surface area contributed by atoms with E-state index in [1.54, 1.807) is 13.0 Å². The molecule has 2 aromatic carbocycles. The second kappa shape index (κ2) is 10.2. The number of nitrogen functional groups attached to an aromatic ring is 1. The lowest BCUT2D eigenvalue weighted by Gasteiger charge is -2.17. The minimum atomic E-state index is -0.475. The molecule has 172 valence electrons. The van der Waals surface area contributed by atoms with Crippen LogP contribution in [0.2, 0.25) is 0 Å². The number of aromatic nitrogens is 1. The molecular weight excluding hydrogens is 410 g/mol. The van der Waals surface area contributed by atoms with Gasteiger partial charge in [-0.3, -0.25) is 9.59 Å². The molecule has 1 amide bonds. The van der Waals surface area contributed by atoms with Gasteiger partial charge < -0.3 is 11.1 Å². The van der Waals surface area contributed by atoms with Crippen LogP contribution in [0.15, 0.2) is 54.6 Å². The Bertz CT molecular complexity index is 1150. The monoisotopic (exact) mass is 443 g/mol. The molecule has 3 aromatic rings. The Morgan fingerprint density at radius 2 is 1.85 bits per heavy atom. The van der Waals surface area contributed by atoms with Gasteiger partial charge in [-0.1, -0.05) is 48.5 Å². The molecule has 0 unspecified atom stereocenters. The van der Waals surface area contributed by atoms with Crippen LogP contribution in [0.3, 0.4) is 0 Å². The Kier molecular flexibility index (Phi) is 7.07. The lowest BCUT2D eigenvalue weighted by atomic mass is 9.93. The summed E-state index contributed by atoms with van der Waals surface area (Å²) in [6.07, 6.45) is 4.79. The zero-order valence-electron chi connectivity index (χ0n) is 19.5. The Morgan fingerprint density at radius 3 is 2.67 bits per heavy atom. The van der Waals surface area contributed by atoms with Gasteiger partial charge in [-0.15, -0.1) is 0 Å². The maximum Gasteiger partial charge on any atom is 0.223 e. The molecule has 5 nitrogen and oxygen atoms in total. The topological polar surface area (TPSA) is 85.1 Å². The number of Topliss-reactive ketones (excluding diaryl/α,β-unsaturated/α-hetero) is 1. The third-order valence-corrected chi connectivity index (χ3v) is 7.00. The van der Waals surface area contributed by atoms with Crippen molar-refractivity contribution in [1.29, 1.82) is 0 Å². The van der Waals surface area contributed by atoms with E-state index >= 15 is 0 Å². The quantitative estimate of drug-likeness (QED) is 0.524. The summed E-state index contributed by atoms with van der Waals surface area (Å²) in [7, 11) is 0. The summed E-state index contributed by atoms with van der Waals surface area (Å²) in [5, 5.41) is 5.54. The molecule has 0 saturated heterocycles. The van der Waals surface area contributed by atoms with Gasteiger partial charge in [0.1, 0.15) is 5.82 Å². The maximum atomic E-state index is 12.8. The highest BCUT2D eigenvalue weighted by atomic mass is 16.2. The fourth-order valence-corrected chi connectivity index (χ4v) is 5.04. The van der Waals surface area contributed by atoms with Crippen molar-refractivity contribution in [2.24, 2.45) is 11.8 Å². The fourth-order valence-electron chi connectivity index (χ4n) is 5.04. The van der Waals surface area contributed by atoms with Crippen molar-refractivity contribution < 1.29 is 9.59 Å². The number of nitrogens with zero attached hydrogens (tertiary/aromatic N) is 1. The van der Waals surface area contributed by atoms with Gasteiger partial charge in [0.25, 0.3) is 0 Å². The number of hydrogen-bond acceptors (Lipinski definition) is 4. The van der Waals surface area contributed by atoms with Crippen LogP contribution in [0.5, 0.6) is 0 Å². The van der Waals surface area contributed by atoms with Crippen LogP contribution < -0.4 is 11.1 Å². The molecule has 0 spiro atoms. The van der Waals surface area contributed by atoms with Gasteiger partial charge in [0, 0.05) is 18.0 Å². The number of carbonyl (C=O) groups excluding carboxylic acids is 2. The normalized spacial score (nSPS) is 18.8. The van der Waals surface area contributed by atoms with E-state index < -0.39 is 6.04 Å². The highest BCUT2D eigenvalue weighted by Crippen LogP contribution is 2.35. The molecule has 0 radical (unpaired) electrons. The van der Waals surface area contributed by atoms with E-state index in [2.05, 4.69) is 52.8 Å². The number of nitrogens with one attached hydrogen (secondary N) is 1. The van der Waals surface area contributed by atoms with E-state index in [1.807, 2.05) is 13.0 Å². The molecule has 3 N–H and O–H groups in total. The first kappa shape index (κ1) is 23.0. The second-order valence-corrected chi connectivity index (χ2v) is 9.40. The standard InChI is InChI=1S/C28H33N3O2/c1-18-21(13-15-27(29)30-18)12-14-26(32)19(2)31-28(33)24-11-10-20(17-24)16-23-8-5-7-22-6-3-4-9-25(22)23/h3-9,13,15,19-20,24H,10-12,14,16-17H2,1-2H3,(H2,29,30)(H,31,33)/t19-,20-,24+/m0/s1. The number of ketones is 1. The summed E-state index contributed by atoms with van der Waals surface area (Å²) in [6, 6.07) is 18.1. The third-order valence-electron chi connectivity index (χ3n) is 7.00. The molecule has 3 atom stereocenters. The lowest BCUT2D eigenvalue weighted by molar-refractivity contribution is -0.129. The van der Waals surface area contributed by atoms with Crippen molar-refractivity contribution in [2.75, 3.05) is 5.73 Å². The molecule has 1 aromatic heterocycles. The summed E-state index contributed by atoms with van der Waals surface area (Å²) in [5.74, 6) is 1.03. The first-order valence-electron chi connectivity index (χ1n) is 11.9. The number of benzene rings is 2. The molecule has 1 fully saturated rings. The summed E-state index contributed by atoms with van der Waals surface area (Å²) in [6.45, 7) is 3.69. The van der Waals surface area contributed by atoms with Gasteiger partial charge in [-0.05, 0) is 79.8 Å². The van der Waals surface area contributed by atoms with Gasteiger partial charge in [-0.25, -0.2) is 4.98 Å². The Balaban J connectivity index is 1.27. The molecule has 1 aliphatic rings. The van der Waals surface area contributed by atoms with Crippen LogP contribution >= 0.6 is 0 Å². The van der Waals surface area contributed by atoms with Crippen LogP contribution in [0, 0.1) is 18.8 Å². The van der Waals surface area contributed by atoms with Crippen molar-refractivity contribution in [3.63, 3.8) is 0 Å². The van der Waals surface area contributed by atoms with Gasteiger partial charge in [0.2, 0.25) is 5.91 Å². The second-order valence-electron chi connectivity index (χ2n) is 9.40. The molecule has 33 heavy (non-hydrogen) atoms. The molecule has 1 aliphatic carbocycles. The number of rotatable bonds is 8. The van der Waals surface area contributed by atoms with Gasteiger partial charge in [-0.2, -0.15) is 0 Å². The van der Waals surface area contributed by atoms with Crippen molar-refractivity contribution >= 4 is 28.3 Å². The summed E-state index contributed by atoms with van der Waals surface area (Å²) < 4.78 is 0. The SMILES string of the molecule is Cc1nc(N)ccc1CCC(=O)[C@H](C)NC(=O)[C@@H]1CC[C@@H](Cc2cccc3ccccc23)C1. The van der Waals surface area contributed by atoms with E-state index in [0.717, 1.165) is 36.9 Å². The Labute approximate surface area is 195 Å². The first-order chi connectivity index (χ1) is 15.9. The van der Waals surface area contributed by atoms with Crippen LogP contribution in [0.4, 0.5) is 5.82 Å². The molecule has 5 heteroatoms. The zero-order valence-corrected chi connectivity index (χ0v) is 19.5. The van der Waals surface area contributed by atoms with E-state index in [4.69, 9.17) is 5.73 Å². The number of pyridine rings is 1. The van der Waals surface area contributed by atoms with Crippen molar-refractivity contribution in [2.45, 2.75) is 58.4 Å². The molecular formula is C28H33N3O2. The van der Waals surface area contributed by atoms with Crippen LogP contribution in [0.1, 0.15) is 49.4 Å². The Hall–Kier alpha value is -3.21. The number of fused-ring (bicyclic) bond motifs is 1. The number of aryl methyl sites for hydroxylation is 2. The number of nitrogens with two attached hydrogens (primary N) is 1. The minimum absolute atomic E-state index is 0.0104. The summed E-state index contributed by atoms with van der Waals surface area (Å²) >= 11 is 0. The molecule has 1 heterocycles. The van der Waals surface area contributed by atoms with Crippen molar-refractivity contribution in [1.82, 2.24) is 10.3 Å². The van der Waals surface area contributed by atoms with E-state index in [0.29, 0.717) is 24.6 Å². The zero-order chi connectivity index (χ0) is 23.4. The van der Waals surface area contributed by atoms with Gasteiger partial charge >= 0.3 is 0 Å². The smallest absolute Gasteiger partial charge is 0.223 e. The predicted molar refractivity (Wildman–Crippen MR) is 133 cm³/mol. The minimum Gasteiger partial charge on any atom is -0.384 e. The maximum absolute atomic E-state index is 12.8. The number of carbonyl (C=O) groups is 2. The number of anilines is 1. The van der Waals surface area contributed by atoms with E-state index in [9.17, 15) is 9.59 Å². The molecule has 4 rings (SSSR count). The van der Waals surface area contributed by atoms with Crippen LogP contribution in [0.25, 0.3) is 10.8 Å². The van der Waals surface area contributed by atoms with Crippen molar-refractivity contribution in [3.8, 4) is 0 Å². The van der Waals surface area contributed by atoms with Gasteiger partial charge in [0.15, 0.2) is 5.78 Å². The number of amides is 1. The molecule has 0 bridgehead atoms. The summed E-state index contributed by atoms with van der Waals surface area (Å²) in [4.78, 5) is 29.7. The highest BCUT2D eigenvalue weighted by molar-refractivity contribution is 5.89. The predicted octanol–water partition coefficient (Wildman–Crippen LogP) is 4.79. The van der Waals surface area contributed by atoms with Crippen LogP contribution in [-0.2, 0) is 22.4 Å². The van der Waals surface area contributed by atoms with Gasteiger partial charge in [0.05, 0.1) is 6.04 Å². The first-order valence-corrected chi connectivity index (χ1v) is 11.9. The van der Waals surface area contributed by atoms with E-state index in [-0.39, 0.29) is 17.6 Å². The van der Waals surface area contributed by atoms with Crippen molar-refractivity contribution in [3.05, 3.63) is 71.4 Å². The third kappa shape index (κ3) is 5.59. The fraction of sp³-hybridized carbons (Fsp3) is 0.393. The van der Waals surface area contributed by atoms with Crippen LogP contribution in [-0.4, -0.2) is 22.7 Å². The average molecular weight is 444 g/mol. The Morgan fingerprint density at radius 1 is 1.06 bits per heavy atom. The number of hydrogen-bond donors (Lipinski definition) is 2. The molecule has 0 aliphatic heterocycles. The average Bonchev–Trinajstić information content (AvgIpc) is 3.27.